The fourth-order valence-corrected chi connectivity index (χ4v) is 4.77. The summed E-state index contributed by atoms with van der Waals surface area (Å²) in [5.74, 6) is -3.04. The summed E-state index contributed by atoms with van der Waals surface area (Å²) in [7, 11) is 0. The van der Waals surface area contributed by atoms with E-state index < -0.39 is 17.8 Å². The van der Waals surface area contributed by atoms with Crippen molar-refractivity contribution in [3.8, 4) is 0 Å². The van der Waals surface area contributed by atoms with E-state index in [0.717, 1.165) is 10.4 Å². The van der Waals surface area contributed by atoms with Gasteiger partial charge in [-0.15, -0.1) is 11.3 Å². The lowest BCUT2D eigenvalue weighted by Crippen LogP contribution is -2.35. The highest BCUT2D eigenvalue weighted by molar-refractivity contribution is 7.16. The number of carboxylic acids is 1. The predicted molar refractivity (Wildman–Crippen MR) is 114 cm³/mol. The van der Waals surface area contributed by atoms with Gasteiger partial charge in [0.25, 0.3) is 5.91 Å². The van der Waals surface area contributed by atoms with Crippen LogP contribution in [0.4, 0.5) is 10.7 Å². The number of thiophene rings is 1. The molecule has 152 valence electrons. The van der Waals surface area contributed by atoms with Gasteiger partial charge >= 0.3 is 5.97 Å². The molecule has 0 spiro atoms. The maximum atomic E-state index is 13.0. The van der Waals surface area contributed by atoms with Crippen molar-refractivity contribution in [2.24, 2.45) is 11.8 Å². The molecule has 2 amide bonds. The highest BCUT2D eigenvalue weighted by Gasteiger charge is 2.35. The van der Waals surface area contributed by atoms with E-state index in [0.29, 0.717) is 35.5 Å². The number of carboxylic acid groups (broad SMARTS) is 1. The Balaban J connectivity index is 1.87. The summed E-state index contributed by atoms with van der Waals surface area (Å²) >= 11 is 1.35. The molecule has 6 nitrogen and oxygen atoms in total. The van der Waals surface area contributed by atoms with Gasteiger partial charge in [0.1, 0.15) is 5.00 Å². The molecule has 3 N–H and O–H groups in total. The van der Waals surface area contributed by atoms with Crippen molar-refractivity contribution in [1.29, 1.82) is 0 Å². The van der Waals surface area contributed by atoms with Crippen molar-refractivity contribution in [2.75, 3.05) is 10.6 Å². The standard InChI is InChI=1S/C22H24N2O4S/c1-3-15-13(2)29-21(18(15)20(26)23-14-9-5-4-6-10-14)24-19(25)16-11-7-8-12-17(16)22(27)28/h4-10,16-17H,3,11-12H2,1-2H3,(H,23,26)(H,24,25)(H,27,28)/t16-,17-/m1/s1. The molecule has 1 heterocycles. The smallest absolute Gasteiger partial charge is 0.307 e. The summed E-state index contributed by atoms with van der Waals surface area (Å²) in [6.07, 6.45) is 4.99. The van der Waals surface area contributed by atoms with Crippen LogP contribution in [0.3, 0.4) is 0 Å². The highest BCUT2D eigenvalue weighted by Crippen LogP contribution is 2.35. The van der Waals surface area contributed by atoms with Gasteiger partial charge in [-0.1, -0.05) is 37.3 Å². The number of aliphatic carboxylic acids is 1. The van der Waals surface area contributed by atoms with E-state index in [1.54, 1.807) is 18.2 Å². The molecular weight excluding hydrogens is 388 g/mol. The number of carbonyl (C=O) groups is 3. The van der Waals surface area contributed by atoms with E-state index in [1.807, 2.05) is 38.1 Å². The fraction of sp³-hybridized carbons (Fsp3) is 0.318. The summed E-state index contributed by atoms with van der Waals surface area (Å²) < 4.78 is 0. The molecule has 0 fully saturated rings. The number of allylic oxidation sites excluding steroid dienone is 2. The normalized spacial score (nSPS) is 18.3. The second-order valence-electron chi connectivity index (χ2n) is 7.00. The van der Waals surface area contributed by atoms with Crippen molar-refractivity contribution in [1.82, 2.24) is 0 Å². The van der Waals surface area contributed by atoms with Crippen LogP contribution in [-0.4, -0.2) is 22.9 Å². The highest BCUT2D eigenvalue weighted by atomic mass is 32.1. The molecule has 1 aliphatic rings. The average Bonchev–Trinajstić information content (AvgIpc) is 3.03. The first kappa shape index (κ1) is 20.8. The quantitative estimate of drug-likeness (QED) is 0.610. The molecule has 1 aromatic heterocycles. The SMILES string of the molecule is CCc1c(C)sc(NC(=O)[C@@H]2CC=CC[C@H]2C(=O)O)c1C(=O)Nc1ccccc1. The van der Waals surface area contributed by atoms with Gasteiger partial charge in [0.2, 0.25) is 5.91 Å². The van der Waals surface area contributed by atoms with Crippen molar-refractivity contribution in [2.45, 2.75) is 33.1 Å². The van der Waals surface area contributed by atoms with Gasteiger partial charge in [-0.05, 0) is 43.9 Å². The Labute approximate surface area is 173 Å². The van der Waals surface area contributed by atoms with Crippen LogP contribution in [-0.2, 0) is 16.0 Å². The monoisotopic (exact) mass is 412 g/mol. The van der Waals surface area contributed by atoms with E-state index in [-0.39, 0.29) is 11.8 Å². The molecule has 2 atom stereocenters. The van der Waals surface area contributed by atoms with Gasteiger partial charge < -0.3 is 15.7 Å². The summed E-state index contributed by atoms with van der Waals surface area (Å²) in [6.45, 7) is 3.88. The van der Waals surface area contributed by atoms with Crippen LogP contribution in [0.1, 0.15) is 40.6 Å². The maximum absolute atomic E-state index is 13.0. The van der Waals surface area contributed by atoms with E-state index in [4.69, 9.17) is 0 Å². The van der Waals surface area contributed by atoms with Gasteiger partial charge in [0.15, 0.2) is 0 Å². The number of hydrogen-bond acceptors (Lipinski definition) is 4. The van der Waals surface area contributed by atoms with E-state index >= 15 is 0 Å². The minimum atomic E-state index is -0.979. The molecule has 1 aliphatic carbocycles. The van der Waals surface area contributed by atoms with E-state index in [1.165, 1.54) is 11.3 Å². The van der Waals surface area contributed by atoms with Gasteiger partial charge in [-0.3, -0.25) is 14.4 Å². The number of rotatable bonds is 6. The van der Waals surface area contributed by atoms with Crippen LogP contribution >= 0.6 is 11.3 Å². The lowest BCUT2D eigenvalue weighted by atomic mass is 9.82. The Morgan fingerprint density at radius 1 is 1.07 bits per heavy atom. The largest absolute Gasteiger partial charge is 0.481 e. The molecule has 0 saturated heterocycles. The van der Waals surface area contributed by atoms with Crippen LogP contribution in [0.15, 0.2) is 42.5 Å². The first-order chi connectivity index (χ1) is 13.9. The zero-order valence-electron chi connectivity index (χ0n) is 16.4. The Hall–Kier alpha value is -2.93. The number of amides is 2. The molecule has 3 rings (SSSR count). The number of aryl methyl sites for hydroxylation is 1. The van der Waals surface area contributed by atoms with Crippen molar-refractivity contribution < 1.29 is 19.5 Å². The molecule has 2 aromatic rings. The molecule has 1 aromatic carbocycles. The summed E-state index contributed by atoms with van der Waals surface area (Å²) in [4.78, 5) is 38.4. The molecule has 0 saturated carbocycles. The minimum absolute atomic E-state index is 0.286. The minimum Gasteiger partial charge on any atom is -0.481 e. The third kappa shape index (κ3) is 4.56. The Morgan fingerprint density at radius 2 is 1.72 bits per heavy atom. The first-order valence-electron chi connectivity index (χ1n) is 9.59. The fourth-order valence-electron chi connectivity index (χ4n) is 3.63. The van der Waals surface area contributed by atoms with E-state index in [9.17, 15) is 19.5 Å². The van der Waals surface area contributed by atoms with Crippen molar-refractivity contribution in [3.05, 3.63) is 58.5 Å². The molecule has 0 aliphatic heterocycles. The number of nitrogens with one attached hydrogen (secondary N) is 2. The van der Waals surface area contributed by atoms with E-state index in [2.05, 4.69) is 10.6 Å². The number of carbonyl (C=O) groups excluding carboxylic acids is 2. The Morgan fingerprint density at radius 3 is 2.34 bits per heavy atom. The number of para-hydroxylation sites is 1. The van der Waals surface area contributed by atoms with Crippen LogP contribution in [0.5, 0.6) is 0 Å². The van der Waals surface area contributed by atoms with Crippen LogP contribution < -0.4 is 10.6 Å². The number of benzene rings is 1. The second-order valence-corrected chi connectivity index (χ2v) is 8.22. The molecule has 0 bridgehead atoms. The third-order valence-corrected chi connectivity index (χ3v) is 6.21. The van der Waals surface area contributed by atoms with Gasteiger partial charge in [-0.2, -0.15) is 0 Å². The number of anilines is 2. The van der Waals surface area contributed by atoms with Crippen molar-refractivity contribution >= 4 is 39.8 Å². The predicted octanol–water partition coefficient (Wildman–Crippen LogP) is 4.48. The average molecular weight is 413 g/mol. The zero-order valence-corrected chi connectivity index (χ0v) is 17.2. The Bertz CT molecular complexity index is 949. The lowest BCUT2D eigenvalue weighted by molar-refractivity contribution is -0.146. The molecule has 29 heavy (non-hydrogen) atoms. The third-order valence-electron chi connectivity index (χ3n) is 5.14. The van der Waals surface area contributed by atoms with Crippen LogP contribution in [0.25, 0.3) is 0 Å². The Kier molecular flexibility index (Phi) is 6.49. The molecular formula is C22H24N2O4S. The zero-order chi connectivity index (χ0) is 21.0. The maximum Gasteiger partial charge on any atom is 0.307 e. The summed E-state index contributed by atoms with van der Waals surface area (Å²) in [6, 6.07) is 9.13. The van der Waals surface area contributed by atoms with Crippen LogP contribution in [0, 0.1) is 18.8 Å². The van der Waals surface area contributed by atoms with Crippen molar-refractivity contribution in [3.63, 3.8) is 0 Å². The van der Waals surface area contributed by atoms with Gasteiger partial charge in [-0.25, -0.2) is 0 Å². The molecule has 0 radical (unpaired) electrons. The van der Waals surface area contributed by atoms with Crippen LogP contribution in [0.2, 0.25) is 0 Å². The summed E-state index contributed by atoms with van der Waals surface area (Å²) in [5.41, 5.74) is 2.01. The number of hydrogen-bond donors (Lipinski definition) is 3. The first-order valence-corrected chi connectivity index (χ1v) is 10.4. The van der Waals surface area contributed by atoms with Gasteiger partial charge in [0.05, 0.1) is 17.4 Å². The molecule has 0 unspecified atom stereocenters. The topological polar surface area (TPSA) is 95.5 Å². The second kappa shape index (κ2) is 9.05. The summed E-state index contributed by atoms with van der Waals surface area (Å²) in [5, 5.41) is 15.6. The lowest BCUT2D eigenvalue weighted by Gasteiger charge is -2.24. The molecule has 7 heteroatoms. The van der Waals surface area contributed by atoms with Gasteiger partial charge in [0, 0.05) is 10.6 Å².